The Bertz CT molecular complexity index is 682. The van der Waals surface area contributed by atoms with Crippen LogP contribution in [0.3, 0.4) is 0 Å². The number of likely N-dealkylation sites (tertiary alicyclic amines) is 1. The molecule has 2 fully saturated rings. The number of urea groups is 1. The van der Waals surface area contributed by atoms with E-state index in [-0.39, 0.29) is 12.6 Å². The molecule has 1 aromatic rings. The largest absolute Gasteiger partial charge is 0.468 e. The number of benzene rings is 1. The van der Waals surface area contributed by atoms with Crippen molar-refractivity contribution in [2.45, 2.75) is 38.2 Å². The topological polar surface area (TPSA) is 78.9 Å². The van der Waals surface area contributed by atoms with E-state index in [1.54, 1.807) is 11.0 Å². The van der Waals surface area contributed by atoms with Crippen molar-refractivity contribution >= 4 is 35.2 Å². The van der Waals surface area contributed by atoms with Gasteiger partial charge in [0, 0.05) is 16.6 Å². The molecule has 0 spiro atoms. The Morgan fingerprint density at radius 2 is 2.07 bits per heavy atom. The second-order valence-corrected chi connectivity index (χ2v) is 8.02. The molecule has 8 heteroatoms. The van der Waals surface area contributed by atoms with Crippen molar-refractivity contribution in [3.05, 3.63) is 33.8 Å². The van der Waals surface area contributed by atoms with Gasteiger partial charge in [0.15, 0.2) is 0 Å². The predicted octanol–water partition coefficient (Wildman–Crippen LogP) is 3.41. The second kappa shape index (κ2) is 9.62. The molecule has 1 aromatic carbocycles. The van der Waals surface area contributed by atoms with Gasteiger partial charge in [-0.05, 0) is 43.4 Å². The summed E-state index contributed by atoms with van der Waals surface area (Å²) < 4.78 is 4.44. The van der Waals surface area contributed by atoms with Gasteiger partial charge in [-0.25, -0.2) is 4.79 Å². The van der Waals surface area contributed by atoms with E-state index in [0.29, 0.717) is 30.5 Å². The maximum atomic E-state index is 11.8. The Morgan fingerprint density at radius 3 is 2.63 bits per heavy atom. The maximum Gasteiger partial charge on any atom is 0.325 e. The summed E-state index contributed by atoms with van der Waals surface area (Å²) in [4.78, 5) is 24.2. The van der Waals surface area contributed by atoms with Crippen molar-refractivity contribution in [1.82, 2.24) is 10.2 Å². The third-order valence-corrected chi connectivity index (χ3v) is 5.37. The molecule has 1 atom stereocenters. The van der Waals surface area contributed by atoms with Crippen molar-refractivity contribution in [2.24, 2.45) is 5.92 Å². The number of halogens is 2. The number of nitrogens with zero attached hydrogens (tertiary/aromatic N) is 1. The highest BCUT2D eigenvalue weighted by molar-refractivity contribution is 6.35. The summed E-state index contributed by atoms with van der Waals surface area (Å²) >= 11 is 11.4. The van der Waals surface area contributed by atoms with E-state index in [9.17, 15) is 14.7 Å². The van der Waals surface area contributed by atoms with Gasteiger partial charge < -0.3 is 20.1 Å². The first-order chi connectivity index (χ1) is 12.7. The average molecular weight is 417 g/mol. The van der Waals surface area contributed by atoms with E-state index in [0.717, 1.165) is 17.0 Å². The van der Waals surface area contributed by atoms with Crippen LogP contribution in [0.5, 0.6) is 0 Å². The minimum absolute atomic E-state index is 0.132. The third-order valence-electron chi connectivity index (χ3n) is 4.73. The van der Waals surface area contributed by atoms with Gasteiger partial charge in [-0.1, -0.05) is 42.1 Å². The lowest BCUT2D eigenvalue weighted by molar-refractivity contribution is -0.139. The highest BCUT2D eigenvalue weighted by Gasteiger charge is 2.42. The number of hydrogen-bond donors (Lipinski definition) is 2. The number of carbonyl (C=O) groups is 2. The van der Waals surface area contributed by atoms with E-state index in [1.165, 1.54) is 20.0 Å². The van der Waals surface area contributed by atoms with Crippen LogP contribution >= 0.6 is 23.2 Å². The van der Waals surface area contributed by atoms with E-state index in [2.05, 4.69) is 10.1 Å². The maximum absolute atomic E-state index is 11.8. The van der Waals surface area contributed by atoms with Crippen LogP contribution in [0.25, 0.3) is 0 Å². The number of rotatable bonds is 4. The second-order valence-electron chi connectivity index (χ2n) is 7.17. The first-order valence-corrected chi connectivity index (χ1v) is 9.71. The van der Waals surface area contributed by atoms with Crippen LogP contribution in [0.2, 0.25) is 10.0 Å². The number of aryl methyl sites for hydroxylation is 1. The number of hydrogen-bond acceptors (Lipinski definition) is 4. The quantitative estimate of drug-likeness (QED) is 0.736. The summed E-state index contributed by atoms with van der Waals surface area (Å²) in [5.41, 5.74) is 0.324. The molecule has 2 amide bonds. The molecule has 0 radical (unpaired) electrons. The molecular formula is C19H26Cl2N2O4. The molecule has 0 bridgehead atoms. The highest BCUT2D eigenvalue weighted by Crippen LogP contribution is 2.40. The molecule has 1 heterocycles. The van der Waals surface area contributed by atoms with Gasteiger partial charge in [0.1, 0.15) is 6.54 Å². The molecule has 1 aliphatic carbocycles. The van der Waals surface area contributed by atoms with Crippen LogP contribution in [0.4, 0.5) is 4.79 Å². The lowest BCUT2D eigenvalue weighted by Crippen LogP contribution is -2.43. The molecule has 2 aliphatic rings. The fourth-order valence-electron chi connectivity index (χ4n) is 2.95. The summed E-state index contributed by atoms with van der Waals surface area (Å²) in [6, 6.07) is 5.14. The van der Waals surface area contributed by atoms with E-state index >= 15 is 0 Å². The lowest BCUT2D eigenvalue weighted by atomic mass is 9.96. The van der Waals surface area contributed by atoms with Crippen LogP contribution in [0.1, 0.15) is 31.2 Å². The molecule has 2 N–H and O–H groups in total. The molecule has 150 valence electrons. The summed E-state index contributed by atoms with van der Waals surface area (Å²) in [6.45, 7) is 2.71. The zero-order chi connectivity index (χ0) is 20.0. The van der Waals surface area contributed by atoms with Crippen LogP contribution in [-0.4, -0.2) is 54.4 Å². The SMILES string of the molecule is COC(=O)CNC(=O)N1CCC(O)(CC2CC2)C1.Cc1ccc(Cl)cc1Cl. The average Bonchev–Trinajstić information content (AvgIpc) is 3.35. The number of ether oxygens (including phenoxy) is 1. The number of β-amino-alcohol motifs (C(OH)–C–C–N with tert-alkyl or cyclic N) is 1. The monoisotopic (exact) mass is 416 g/mol. The minimum atomic E-state index is -0.732. The van der Waals surface area contributed by atoms with Crippen molar-refractivity contribution < 1.29 is 19.4 Å². The molecule has 1 saturated carbocycles. The van der Waals surface area contributed by atoms with Crippen LogP contribution in [0, 0.1) is 12.8 Å². The van der Waals surface area contributed by atoms with Crippen molar-refractivity contribution in [3.63, 3.8) is 0 Å². The minimum Gasteiger partial charge on any atom is -0.468 e. The molecular weight excluding hydrogens is 391 g/mol. The molecule has 3 rings (SSSR count). The Hall–Kier alpha value is -1.50. The third kappa shape index (κ3) is 7.20. The summed E-state index contributed by atoms with van der Waals surface area (Å²) in [7, 11) is 1.28. The van der Waals surface area contributed by atoms with Crippen molar-refractivity contribution in [3.8, 4) is 0 Å². The Morgan fingerprint density at radius 1 is 1.37 bits per heavy atom. The zero-order valence-corrected chi connectivity index (χ0v) is 17.1. The molecule has 1 unspecified atom stereocenters. The zero-order valence-electron chi connectivity index (χ0n) is 15.6. The summed E-state index contributed by atoms with van der Waals surface area (Å²) in [6.07, 6.45) is 3.79. The fraction of sp³-hybridized carbons (Fsp3) is 0.579. The summed E-state index contributed by atoms with van der Waals surface area (Å²) in [5.74, 6) is 0.156. The number of carbonyl (C=O) groups excluding carboxylic acids is 2. The first kappa shape index (κ1) is 21.8. The van der Waals surface area contributed by atoms with Crippen LogP contribution in [-0.2, 0) is 9.53 Å². The van der Waals surface area contributed by atoms with Crippen LogP contribution in [0.15, 0.2) is 18.2 Å². The van der Waals surface area contributed by atoms with E-state index in [4.69, 9.17) is 23.2 Å². The van der Waals surface area contributed by atoms with Gasteiger partial charge in [0.2, 0.25) is 0 Å². The van der Waals surface area contributed by atoms with Gasteiger partial charge >= 0.3 is 12.0 Å². The number of aliphatic hydroxyl groups is 1. The Kier molecular flexibility index (Phi) is 7.77. The Labute approximate surface area is 169 Å². The number of amides is 2. The smallest absolute Gasteiger partial charge is 0.325 e. The predicted molar refractivity (Wildman–Crippen MR) is 105 cm³/mol. The summed E-state index contributed by atoms with van der Waals surface area (Å²) in [5, 5.41) is 14.2. The normalized spacial score (nSPS) is 21.3. The highest BCUT2D eigenvalue weighted by atomic mass is 35.5. The number of nitrogens with one attached hydrogen (secondary N) is 1. The van der Waals surface area contributed by atoms with E-state index in [1.807, 2.05) is 19.1 Å². The standard InChI is InChI=1S/C12H20N2O4.C7H6Cl2/c1-18-10(15)7-13-11(16)14-5-4-12(17,8-14)6-9-2-3-9;1-5-2-3-6(8)4-7(5)9/h9,17H,2-8H2,1H3,(H,13,16);2-4H,1H3. The van der Waals surface area contributed by atoms with E-state index < -0.39 is 11.6 Å². The molecule has 1 saturated heterocycles. The van der Waals surface area contributed by atoms with Crippen LogP contribution < -0.4 is 5.32 Å². The first-order valence-electron chi connectivity index (χ1n) is 8.96. The lowest BCUT2D eigenvalue weighted by Gasteiger charge is -2.23. The van der Waals surface area contributed by atoms with Gasteiger partial charge in [-0.3, -0.25) is 4.79 Å². The van der Waals surface area contributed by atoms with Gasteiger partial charge in [0.25, 0.3) is 0 Å². The fourth-order valence-corrected chi connectivity index (χ4v) is 3.36. The number of esters is 1. The molecule has 0 aromatic heterocycles. The van der Waals surface area contributed by atoms with Crippen molar-refractivity contribution in [1.29, 1.82) is 0 Å². The van der Waals surface area contributed by atoms with Gasteiger partial charge in [-0.2, -0.15) is 0 Å². The molecule has 6 nitrogen and oxygen atoms in total. The number of methoxy groups -OCH3 is 1. The van der Waals surface area contributed by atoms with Gasteiger partial charge in [-0.15, -0.1) is 0 Å². The molecule has 27 heavy (non-hydrogen) atoms. The van der Waals surface area contributed by atoms with Crippen molar-refractivity contribution in [2.75, 3.05) is 26.7 Å². The van der Waals surface area contributed by atoms with Gasteiger partial charge in [0.05, 0.1) is 19.3 Å². The Balaban J connectivity index is 0.000000244. The molecule has 1 aliphatic heterocycles.